The lowest BCUT2D eigenvalue weighted by Gasteiger charge is -1.99. The van der Waals surface area contributed by atoms with E-state index in [9.17, 15) is 0 Å². The molecule has 0 aromatic carbocycles. The van der Waals surface area contributed by atoms with Gasteiger partial charge in [0.2, 0.25) is 6.19 Å². The van der Waals surface area contributed by atoms with Crippen molar-refractivity contribution in [1.82, 2.24) is 5.06 Å². The van der Waals surface area contributed by atoms with Crippen molar-refractivity contribution in [3.63, 3.8) is 0 Å². The van der Waals surface area contributed by atoms with E-state index >= 15 is 0 Å². The predicted octanol–water partition coefficient (Wildman–Crippen LogP) is -0.0393. The molecule has 3 nitrogen and oxygen atoms in total. The Morgan fingerprint density at radius 1 is 1.83 bits per heavy atom. The second-order valence-electron chi connectivity index (χ2n) is 0.780. The van der Waals surface area contributed by atoms with Gasteiger partial charge >= 0.3 is 0 Å². The monoisotopic (exact) mass is 86.0 g/mol. The molecule has 0 amide bonds. The second kappa shape index (κ2) is 2.49. The van der Waals surface area contributed by atoms with Gasteiger partial charge in [0.1, 0.15) is 0 Å². The van der Waals surface area contributed by atoms with Crippen LogP contribution in [0.1, 0.15) is 0 Å². The summed E-state index contributed by atoms with van der Waals surface area (Å²) in [4.78, 5) is 4.37. The minimum absolute atomic E-state index is 1.06. The summed E-state index contributed by atoms with van der Waals surface area (Å²) < 4.78 is 0. The van der Waals surface area contributed by atoms with Crippen molar-refractivity contribution in [1.29, 1.82) is 5.26 Å². The number of rotatable bonds is 1. The normalized spacial score (nSPS) is 6.83. The van der Waals surface area contributed by atoms with Gasteiger partial charge in [-0.05, 0) is 0 Å². The summed E-state index contributed by atoms with van der Waals surface area (Å²) in [6.45, 7) is 0. The molecular weight excluding hydrogens is 80.0 g/mol. The zero-order valence-electron chi connectivity index (χ0n) is 3.80. The molecular formula is C3H6N2O. The Kier molecular flexibility index (Phi) is 2.17. The fourth-order valence-electron chi connectivity index (χ4n) is 0.0408. The molecule has 0 saturated heterocycles. The lowest BCUT2D eigenvalue weighted by molar-refractivity contribution is -0.0557. The maximum Gasteiger partial charge on any atom is 0.205 e. The predicted molar refractivity (Wildman–Crippen MR) is 20.4 cm³/mol. The van der Waals surface area contributed by atoms with Crippen LogP contribution in [0, 0.1) is 11.5 Å². The zero-order valence-corrected chi connectivity index (χ0v) is 3.80. The van der Waals surface area contributed by atoms with Crippen LogP contribution in [0.15, 0.2) is 0 Å². The van der Waals surface area contributed by atoms with Gasteiger partial charge in [0.25, 0.3) is 0 Å². The molecule has 0 radical (unpaired) electrons. The smallest absolute Gasteiger partial charge is 0.205 e. The Bertz CT molecular complexity index is 65.7. The number of hydroxylamine groups is 2. The average Bonchev–Trinajstić information content (AvgIpc) is 1.65. The summed E-state index contributed by atoms with van der Waals surface area (Å²) in [5.41, 5.74) is 0. The fraction of sp³-hybridized carbons (Fsp3) is 0.667. The molecule has 0 aromatic rings. The van der Waals surface area contributed by atoms with Gasteiger partial charge in [-0.3, -0.25) is 4.84 Å². The lowest BCUT2D eigenvalue weighted by Crippen LogP contribution is -2.06. The number of hydrogen-bond acceptors (Lipinski definition) is 3. The van der Waals surface area contributed by atoms with E-state index < -0.39 is 0 Å². The van der Waals surface area contributed by atoms with E-state index in [4.69, 9.17) is 5.26 Å². The highest BCUT2D eigenvalue weighted by Crippen LogP contribution is 1.69. The third-order valence-corrected chi connectivity index (χ3v) is 0.415. The van der Waals surface area contributed by atoms with E-state index in [0.29, 0.717) is 0 Å². The van der Waals surface area contributed by atoms with Gasteiger partial charge in [-0.1, -0.05) is 0 Å². The molecule has 0 saturated carbocycles. The minimum atomic E-state index is 1.06. The van der Waals surface area contributed by atoms with Gasteiger partial charge in [-0.15, -0.1) is 0 Å². The van der Waals surface area contributed by atoms with Crippen LogP contribution in [0.25, 0.3) is 0 Å². The topological polar surface area (TPSA) is 36.3 Å². The first-order valence-electron chi connectivity index (χ1n) is 1.49. The highest BCUT2D eigenvalue weighted by atomic mass is 16.7. The quantitative estimate of drug-likeness (QED) is 0.255. The first-order chi connectivity index (χ1) is 2.81. The van der Waals surface area contributed by atoms with E-state index in [1.54, 1.807) is 6.19 Å². The molecule has 0 rings (SSSR count). The van der Waals surface area contributed by atoms with E-state index in [0.717, 1.165) is 5.06 Å². The molecule has 3 heteroatoms. The molecule has 0 aliphatic rings. The summed E-state index contributed by atoms with van der Waals surface area (Å²) in [5.74, 6) is 0. The van der Waals surface area contributed by atoms with Crippen LogP contribution in [-0.2, 0) is 4.84 Å². The van der Waals surface area contributed by atoms with Crippen molar-refractivity contribution in [2.75, 3.05) is 14.2 Å². The SMILES string of the molecule is CON(C)C#N. The van der Waals surface area contributed by atoms with Gasteiger partial charge in [0.05, 0.1) is 7.11 Å². The molecule has 0 N–H and O–H groups in total. The van der Waals surface area contributed by atoms with Gasteiger partial charge in [0, 0.05) is 7.05 Å². The standard InChI is InChI=1S/C3H6N2O/c1-5(3-4)6-2/h1-2H3. The highest BCUT2D eigenvalue weighted by molar-refractivity contribution is 4.56. The van der Waals surface area contributed by atoms with Crippen LogP contribution < -0.4 is 0 Å². The Labute approximate surface area is 36.7 Å². The number of hydrogen-bond donors (Lipinski definition) is 0. The van der Waals surface area contributed by atoms with Gasteiger partial charge in [-0.2, -0.15) is 10.3 Å². The van der Waals surface area contributed by atoms with E-state index in [1.807, 2.05) is 0 Å². The Balaban J connectivity index is 3.04. The van der Waals surface area contributed by atoms with E-state index in [-0.39, 0.29) is 0 Å². The van der Waals surface area contributed by atoms with Crippen LogP contribution in [-0.4, -0.2) is 19.2 Å². The Hall–Kier alpha value is -0.750. The molecule has 0 fully saturated rings. The number of nitriles is 1. The van der Waals surface area contributed by atoms with Crippen LogP contribution in [0.2, 0.25) is 0 Å². The largest absolute Gasteiger partial charge is 0.268 e. The molecule has 0 bridgehead atoms. The molecule has 0 heterocycles. The van der Waals surface area contributed by atoms with Crippen molar-refractivity contribution in [3.05, 3.63) is 0 Å². The van der Waals surface area contributed by atoms with Crippen LogP contribution in [0.3, 0.4) is 0 Å². The van der Waals surface area contributed by atoms with Crippen LogP contribution >= 0.6 is 0 Å². The van der Waals surface area contributed by atoms with Crippen LogP contribution in [0.4, 0.5) is 0 Å². The van der Waals surface area contributed by atoms with E-state index in [2.05, 4.69) is 4.84 Å². The van der Waals surface area contributed by atoms with Gasteiger partial charge in [0.15, 0.2) is 0 Å². The second-order valence-corrected chi connectivity index (χ2v) is 0.780. The molecule has 6 heavy (non-hydrogen) atoms. The van der Waals surface area contributed by atoms with Crippen molar-refractivity contribution in [2.45, 2.75) is 0 Å². The zero-order chi connectivity index (χ0) is 4.99. The maximum absolute atomic E-state index is 7.89. The van der Waals surface area contributed by atoms with Crippen molar-refractivity contribution >= 4 is 0 Å². The molecule has 0 aliphatic carbocycles. The summed E-state index contributed by atoms with van der Waals surface area (Å²) in [5, 5.41) is 8.94. The third-order valence-electron chi connectivity index (χ3n) is 0.415. The summed E-state index contributed by atoms with van der Waals surface area (Å²) in [6.07, 6.45) is 1.73. The average molecular weight is 86.1 g/mol. The third kappa shape index (κ3) is 1.56. The first-order valence-corrected chi connectivity index (χ1v) is 1.49. The molecule has 34 valence electrons. The Morgan fingerprint density at radius 2 is 2.33 bits per heavy atom. The number of nitrogens with zero attached hydrogens (tertiary/aromatic N) is 2. The highest BCUT2D eigenvalue weighted by Gasteiger charge is 1.78. The van der Waals surface area contributed by atoms with Gasteiger partial charge < -0.3 is 0 Å². The molecule has 0 aliphatic heterocycles. The van der Waals surface area contributed by atoms with Crippen LogP contribution in [0.5, 0.6) is 0 Å². The summed E-state index contributed by atoms with van der Waals surface area (Å²) in [7, 11) is 2.96. The molecule has 0 aromatic heterocycles. The van der Waals surface area contributed by atoms with Crippen molar-refractivity contribution < 1.29 is 4.84 Å². The molecule has 0 spiro atoms. The molecule has 0 unspecified atom stereocenters. The lowest BCUT2D eigenvalue weighted by atomic mass is 11.2. The van der Waals surface area contributed by atoms with Crippen molar-refractivity contribution in [3.8, 4) is 6.19 Å². The summed E-state index contributed by atoms with van der Waals surface area (Å²) in [6, 6.07) is 0. The molecule has 0 atom stereocenters. The fourth-order valence-corrected chi connectivity index (χ4v) is 0.0408. The maximum atomic E-state index is 7.89. The Morgan fingerprint density at radius 3 is 2.33 bits per heavy atom. The minimum Gasteiger partial charge on any atom is -0.268 e. The van der Waals surface area contributed by atoms with Gasteiger partial charge in [-0.25, -0.2) is 0 Å². The van der Waals surface area contributed by atoms with Crippen molar-refractivity contribution in [2.24, 2.45) is 0 Å². The van der Waals surface area contributed by atoms with E-state index in [1.165, 1.54) is 14.2 Å². The summed E-state index contributed by atoms with van der Waals surface area (Å²) >= 11 is 0. The first kappa shape index (κ1) is 5.25.